The summed E-state index contributed by atoms with van der Waals surface area (Å²) in [5.41, 5.74) is 0. The average molecular weight is 181 g/mol. The molecule has 0 aliphatic carbocycles. The van der Waals surface area contributed by atoms with E-state index in [1.54, 1.807) is 0 Å². The molecule has 1 heterocycles. The molecule has 0 aromatic carbocycles. The van der Waals surface area contributed by atoms with Gasteiger partial charge in [0.2, 0.25) is 0 Å². The van der Waals surface area contributed by atoms with Crippen LogP contribution in [-0.2, 0) is 6.42 Å². The Kier molecular flexibility index (Phi) is 4.05. The van der Waals surface area contributed by atoms with Crippen LogP contribution in [0.4, 0.5) is 0 Å². The predicted molar refractivity (Wildman–Crippen MR) is 55.7 cm³/mol. The van der Waals surface area contributed by atoms with Crippen molar-refractivity contribution in [3.05, 3.63) is 35.0 Å². The quantitative estimate of drug-likeness (QED) is 0.688. The van der Waals surface area contributed by atoms with Crippen LogP contribution in [0.3, 0.4) is 0 Å². The first kappa shape index (κ1) is 9.49. The summed E-state index contributed by atoms with van der Waals surface area (Å²) in [6, 6.07) is 4.82. The van der Waals surface area contributed by atoms with Gasteiger partial charge in [-0.05, 0) is 24.8 Å². The molecule has 1 N–H and O–H groups in total. The van der Waals surface area contributed by atoms with Gasteiger partial charge in [0.25, 0.3) is 0 Å². The fourth-order valence-electron chi connectivity index (χ4n) is 1.09. The highest BCUT2D eigenvalue weighted by atomic mass is 32.1. The van der Waals surface area contributed by atoms with Crippen molar-refractivity contribution in [2.24, 2.45) is 0 Å². The maximum Gasteiger partial charge on any atom is 0.0134 e. The summed E-state index contributed by atoms with van der Waals surface area (Å²) in [5.74, 6) is 0. The predicted octanol–water partition coefficient (Wildman–Crippen LogP) is 2.45. The minimum absolute atomic E-state index is 0.543. The van der Waals surface area contributed by atoms with Crippen molar-refractivity contribution in [1.29, 1.82) is 0 Å². The average Bonchev–Trinajstić information content (AvgIpc) is 2.53. The molecule has 2 heteroatoms. The van der Waals surface area contributed by atoms with Crippen molar-refractivity contribution >= 4 is 11.3 Å². The smallest absolute Gasteiger partial charge is 0.0134 e. The van der Waals surface area contributed by atoms with Gasteiger partial charge in [-0.3, -0.25) is 0 Å². The first-order valence-corrected chi connectivity index (χ1v) is 5.07. The van der Waals surface area contributed by atoms with Gasteiger partial charge in [0.1, 0.15) is 0 Å². The van der Waals surface area contributed by atoms with Crippen LogP contribution in [0, 0.1) is 0 Å². The van der Waals surface area contributed by atoms with Crippen LogP contribution in [0.2, 0.25) is 0 Å². The van der Waals surface area contributed by atoms with Crippen LogP contribution in [0.5, 0.6) is 0 Å². The van der Waals surface area contributed by atoms with E-state index < -0.39 is 0 Å². The van der Waals surface area contributed by atoms with E-state index in [2.05, 4.69) is 36.3 Å². The van der Waals surface area contributed by atoms with Gasteiger partial charge in [0.15, 0.2) is 0 Å². The van der Waals surface area contributed by atoms with E-state index in [9.17, 15) is 0 Å². The van der Waals surface area contributed by atoms with Crippen LogP contribution in [0.15, 0.2) is 30.2 Å². The highest BCUT2D eigenvalue weighted by molar-refractivity contribution is 7.09. The Morgan fingerprint density at radius 3 is 3.17 bits per heavy atom. The lowest BCUT2D eigenvalue weighted by molar-refractivity contribution is 0.585. The molecule has 1 unspecified atom stereocenters. The van der Waals surface area contributed by atoms with Crippen molar-refractivity contribution in [2.45, 2.75) is 19.4 Å². The van der Waals surface area contributed by atoms with E-state index in [0.717, 1.165) is 13.0 Å². The molecule has 0 radical (unpaired) electrons. The maximum absolute atomic E-state index is 3.67. The molecule has 0 amide bonds. The Bertz CT molecular complexity index is 216. The maximum atomic E-state index is 3.67. The zero-order valence-electron chi connectivity index (χ0n) is 7.42. The highest BCUT2D eigenvalue weighted by Gasteiger charge is 2.01. The molecule has 0 saturated heterocycles. The summed E-state index contributed by atoms with van der Waals surface area (Å²) in [4.78, 5) is 1.44. The third-order valence-electron chi connectivity index (χ3n) is 1.70. The molecule has 0 saturated carbocycles. The van der Waals surface area contributed by atoms with Gasteiger partial charge in [0.05, 0.1) is 0 Å². The molecule has 0 aliphatic heterocycles. The molecule has 0 fully saturated rings. The second-order valence-corrected chi connectivity index (χ2v) is 3.91. The zero-order chi connectivity index (χ0) is 8.81. The van der Waals surface area contributed by atoms with Gasteiger partial charge in [-0.15, -0.1) is 17.9 Å². The van der Waals surface area contributed by atoms with Gasteiger partial charge < -0.3 is 5.32 Å². The van der Waals surface area contributed by atoms with Crippen LogP contribution in [-0.4, -0.2) is 12.6 Å². The van der Waals surface area contributed by atoms with Gasteiger partial charge in [-0.2, -0.15) is 0 Å². The van der Waals surface area contributed by atoms with E-state index in [0.29, 0.717) is 6.04 Å². The Hall–Kier alpha value is -0.600. The Balaban J connectivity index is 2.26. The van der Waals surface area contributed by atoms with Gasteiger partial charge in [-0.25, -0.2) is 0 Å². The SMILES string of the molecule is C=CCNC(C)Cc1cccs1. The Morgan fingerprint density at radius 2 is 2.58 bits per heavy atom. The third kappa shape index (κ3) is 3.20. The monoisotopic (exact) mass is 181 g/mol. The molecule has 0 spiro atoms. The number of nitrogens with one attached hydrogen (secondary N) is 1. The van der Waals surface area contributed by atoms with Crippen LogP contribution < -0.4 is 5.32 Å². The molecule has 1 aromatic rings. The summed E-state index contributed by atoms with van der Waals surface area (Å²) in [7, 11) is 0. The number of hydrogen-bond acceptors (Lipinski definition) is 2. The van der Waals surface area contributed by atoms with E-state index >= 15 is 0 Å². The summed E-state index contributed by atoms with van der Waals surface area (Å²) >= 11 is 1.82. The minimum atomic E-state index is 0.543. The lowest BCUT2D eigenvalue weighted by atomic mass is 10.2. The number of rotatable bonds is 5. The van der Waals surface area contributed by atoms with Crippen molar-refractivity contribution in [1.82, 2.24) is 5.32 Å². The van der Waals surface area contributed by atoms with E-state index in [1.165, 1.54) is 4.88 Å². The number of thiophene rings is 1. The molecule has 1 nitrogen and oxygen atoms in total. The standard InChI is InChI=1S/C10H15NS/c1-3-6-11-9(2)8-10-5-4-7-12-10/h3-5,7,9,11H,1,6,8H2,2H3. The lowest BCUT2D eigenvalue weighted by Gasteiger charge is -2.10. The first-order chi connectivity index (χ1) is 5.83. The van der Waals surface area contributed by atoms with Crippen molar-refractivity contribution < 1.29 is 0 Å². The normalized spacial score (nSPS) is 12.8. The number of hydrogen-bond donors (Lipinski definition) is 1. The second kappa shape index (κ2) is 5.12. The summed E-state index contributed by atoms with van der Waals surface area (Å²) in [6.45, 7) is 6.76. The van der Waals surface area contributed by atoms with Crippen molar-refractivity contribution in [3.8, 4) is 0 Å². The summed E-state index contributed by atoms with van der Waals surface area (Å²) in [6.07, 6.45) is 3.01. The molecule has 0 bridgehead atoms. The zero-order valence-corrected chi connectivity index (χ0v) is 8.23. The fraction of sp³-hybridized carbons (Fsp3) is 0.400. The second-order valence-electron chi connectivity index (χ2n) is 2.88. The van der Waals surface area contributed by atoms with Crippen LogP contribution >= 0.6 is 11.3 Å². The van der Waals surface area contributed by atoms with Gasteiger partial charge >= 0.3 is 0 Å². The summed E-state index contributed by atoms with van der Waals surface area (Å²) in [5, 5.41) is 5.48. The molecule has 12 heavy (non-hydrogen) atoms. The van der Waals surface area contributed by atoms with Crippen molar-refractivity contribution in [3.63, 3.8) is 0 Å². The van der Waals surface area contributed by atoms with Crippen LogP contribution in [0.1, 0.15) is 11.8 Å². The molecular weight excluding hydrogens is 166 g/mol. The lowest BCUT2D eigenvalue weighted by Crippen LogP contribution is -2.27. The third-order valence-corrected chi connectivity index (χ3v) is 2.60. The highest BCUT2D eigenvalue weighted by Crippen LogP contribution is 2.10. The molecular formula is C10H15NS. The molecule has 1 rings (SSSR count). The fourth-order valence-corrected chi connectivity index (χ4v) is 1.92. The van der Waals surface area contributed by atoms with Gasteiger partial charge in [-0.1, -0.05) is 12.1 Å². The Morgan fingerprint density at radius 1 is 1.75 bits per heavy atom. The van der Waals surface area contributed by atoms with Crippen LogP contribution in [0.25, 0.3) is 0 Å². The Labute approximate surface area is 78.1 Å². The molecule has 66 valence electrons. The van der Waals surface area contributed by atoms with E-state index in [-0.39, 0.29) is 0 Å². The first-order valence-electron chi connectivity index (χ1n) is 4.19. The van der Waals surface area contributed by atoms with E-state index in [1.807, 2.05) is 17.4 Å². The van der Waals surface area contributed by atoms with Crippen molar-refractivity contribution in [2.75, 3.05) is 6.54 Å². The van der Waals surface area contributed by atoms with E-state index in [4.69, 9.17) is 0 Å². The topological polar surface area (TPSA) is 12.0 Å². The minimum Gasteiger partial charge on any atom is -0.310 e. The summed E-state index contributed by atoms with van der Waals surface area (Å²) < 4.78 is 0. The molecule has 1 aromatic heterocycles. The largest absolute Gasteiger partial charge is 0.310 e. The molecule has 1 atom stereocenters. The van der Waals surface area contributed by atoms with Gasteiger partial charge in [0, 0.05) is 17.5 Å². The molecule has 0 aliphatic rings.